The van der Waals surface area contributed by atoms with Gasteiger partial charge in [0.15, 0.2) is 11.0 Å². The van der Waals surface area contributed by atoms with Crippen LogP contribution in [-0.2, 0) is 14.3 Å². The van der Waals surface area contributed by atoms with Crippen LogP contribution in [0.1, 0.15) is 5.76 Å². The normalized spacial score (nSPS) is 19.3. The fraction of sp³-hybridized carbons (Fsp3) is 0.211. The molecule has 0 unspecified atom stereocenters. The molecule has 2 aromatic rings. The number of thiocarbonyl (C=S) groups is 1. The van der Waals surface area contributed by atoms with Gasteiger partial charge in [-0.2, -0.15) is 0 Å². The van der Waals surface area contributed by atoms with Crippen LogP contribution in [0.15, 0.2) is 46.4 Å². The Bertz CT molecular complexity index is 981. The van der Waals surface area contributed by atoms with E-state index < -0.39 is 17.6 Å². The molecule has 2 amide bonds. The van der Waals surface area contributed by atoms with E-state index in [9.17, 15) is 14.0 Å². The quantitative estimate of drug-likeness (QED) is 0.482. The molecule has 1 aromatic carbocycles. The number of nitrogens with zero attached hydrogens (tertiary/aromatic N) is 2. The SMILES string of the molecule is O=C1NC(=S)N(c2ccccc2F)C(=O)/C1=C\c1ccc(N2CCOCC2)o1. The lowest BCUT2D eigenvalue weighted by Crippen LogP contribution is -2.54. The Hall–Kier alpha value is -3.04. The molecule has 2 saturated heterocycles. The summed E-state index contributed by atoms with van der Waals surface area (Å²) in [6, 6.07) is 9.14. The largest absolute Gasteiger partial charge is 0.441 e. The van der Waals surface area contributed by atoms with Crippen molar-refractivity contribution in [3.05, 3.63) is 53.5 Å². The summed E-state index contributed by atoms with van der Waals surface area (Å²) in [6.07, 6.45) is 1.33. The summed E-state index contributed by atoms with van der Waals surface area (Å²) in [5.41, 5.74) is -0.225. The molecule has 2 aliphatic heterocycles. The number of hydrogen-bond donors (Lipinski definition) is 1. The number of benzene rings is 1. The summed E-state index contributed by atoms with van der Waals surface area (Å²) in [5.74, 6) is -1.04. The first-order valence-electron chi connectivity index (χ1n) is 8.63. The van der Waals surface area contributed by atoms with Crippen LogP contribution in [0, 0.1) is 5.82 Å². The second kappa shape index (κ2) is 7.53. The van der Waals surface area contributed by atoms with Gasteiger partial charge < -0.3 is 14.1 Å². The van der Waals surface area contributed by atoms with Gasteiger partial charge in [-0.3, -0.25) is 14.9 Å². The lowest BCUT2D eigenvalue weighted by atomic mass is 10.1. The Morgan fingerprint density at radius 1 is 1.11 bits per heavy atom. The van der Waals surface area contributed by atoms with Gasteiger partial charge in [-0.25, -0.2) is 9.29 Å². The average molecular weight is 401 g/mol. The molecule has 4 rings (SSSR count). The predicted octanol–water partition coefficient (Wildman–Crippen LogP) is 2.09. The minimum absolute atomic E-state index is 0.0307. The molecule has 1 N–H and O–H groups in total. The van der Waals surface area contributed by atoms with Crippen LogP contribution in [0.5, 0.6) is 0 Å². The summed E-state index contributed by atoms with van der Waals surface area (Å²) >= 11 is 5.07. The van der Waals surface area contributed by atoms with E-state index in [1.165, 1.54) is 24.3 Å². The molecule has 2 aliphatic rings. The molecule has 0 spiro atoms. The van der Waals surface area contributed by atoms with Gasteiger partial charge in [-0.05, 0) is 36.5 Å². The number of morpholine rings is 1. The van der Waals surface area contributed by atoms with Crippen LogP contribution in [-0.4, -0.2) is 43.2 Å². The van der Waals surface area contributed by atoms with E-state index >= 15 is 0 Å². The molecule has 144 valence electrons. The van der Waals surface area contributed by atoms with Crippen LogP contribution < -0.4 is 15.1 Å². The highest BCUT2D eigenvalue weighted by Crippen LogP contribution is 2.26. The summed E-state index contributed by atoms with van der Waals surface area (Å²) in [4.78, 5) is 28.2. The van der Waals surface area contributed by atoms with Crippen LogP contribution in [0.2, 0.25) is 0 Å². The summed E-state index contributed by atoms with van der Waals surface area (Å²) in [7, 11) is 0. The molecule has 0 aliphatic carbocycles. The summed E-state index contributed by atoms with van der Waals surface area (Å²) in [5, 5.41) is 2.24. The highest BCUT2D eigenvalue weighted by Gasteiger charge is 2.36. The van der Waals surface area contributed by atoms with Crippen molar-refractivity contribution in [2.45, 2.75) is 0 Å². The smallest absolute Gasteiger partial charge is 0.270 e. The van der Waals surface area contributed by atoms with Crippen molar-refractivity contribution in [1.29, 1.82) is 0 Å². The predicted molar refractivity (Wildman–Crippen MR) is 104 cm³/mol. The maximum Gasteiger partial charge on any atom is 0.270 e. The lowest BCUT2D eigenvalue weighted by molar-refractivity contribution is -0.122. The van der Waals surface area contributed by atoms with E-state index in [2.05, 4.69) is 5.32 Å². The number of halogens is 1. The van der Waals surface area contributed by atoms with Gasteiger partial charge in [0.2, 0.25) is 0 Å². The fourth-order valence-corrected chi connectivity index (χ4v) is 3.30. The molecule has 7 nitrogen and oxygen atoms in total. The van der Waals surface area contributed by atoms with E-state index in [0.717, 1.165) is 4.90 Å². The van der Waals surface area contributed by atoms with Crippen molar-refractivity contribution in [1.82, 2.24) is 5.32 Å². The fourth-order valence-electron chi connectivity index (χ4n) is 3.03. The third-order valence-electron chi connectivity index (χ3n) is 4.42. The highest BCUT2D eigenvalue weighted by molar-refractivity contribution is 7.80. The molecule has 0 atom stereocenters. The van der Waals surface area contributed by atoms with Gasteiger partial charge in [0.1, 0.15) is 17.2 Å². The number of ether oxygens (including phenoxy) is 1. The van der Waals surface area contributed by atoms with Crippen molar-refractivity contribution in [3.63, 3.8) is 0 Å². The first-order valence-corrected chi connectivity index (χ1v) is 9.04. The van der Waals surface area contributed by atoms with E-state index in [1.807, 2.05) is 4.90 Å². The topological polar surface area (TPSA) is 75.0 Å². The van der Waals surface area contributed by atoms with Crippen LogP contribution >= 0.6 is 12.2 Å². The lowest BCUT2D eigenvalue weighted by Gasteiger charge is -2.29. The van der Waals surface area contributed by atoms with E-state index in [1.54, 1.807) is 18.2 Å². The van der Waals surface area contributed by atoms with Crippen LogP contribution in [0.3, 0.4) is 0 Å². The first kappa shape index (κ1) is 18.3. The minimum Gasteiger partial charge on any atom is -0.441 e. The zero-order chi connectivity index (χ0) is 19.7. The van der Waals surface area contributed by atoms with Gasteiger partial charge >= 0.3 is 0 Å². The standard InChI is InChI=1S/C19H16FN3O4S/c20-14-3-1-2-4-15(14)23-18(25)13(17(24)21-19(23)28)11-12-5-6-16(27-12)22-7-9-26-10-8-22/h1-6,11H,7-10H2,(H,21,24,28)/b13-11-. The van der Waals surface area contributed by atoms with Crippen molar-refractivity contribution in [2.24, 2.45) is 0 Å². The molecular weight excluding hydrogens is 385 g/mol. The number of carbonyl (C=O) groups excluding carboxylic acids is 2. The summed E-state index contributed by atoms with van der Waals surface area (Å²) in [6.45, 7) is 2.59. The third kappa shape index (κ3) is 3.41. The zero-order valence-electron chi connectivity index (χ0n) is 14.7. The number of amides is 2. The molecule has 3 heterocycles. The number of para-hydroxylation sites is 1. The Labute approximate surface area is 165 Å². The van der Waals surface area contributed by atoms with Crippen molar-refractivity contribution >= 4 is 46.8 Å². The van der Waals surface area contributed by atoms with Gasteiger partial charge in [0, 0.05) is 19.2 Å². The molecule has 0 radical (unpaired) electrons. The highest BCUT2D eigenvalue weighted by atomic mass is 32.1. The molecule has 0 saturated carbocycles. The molecule has 28 heavy (non-hydrogen) atoms. The second-order valence-corrected chi connectivity index (χ2v) is 6.57. The third-order valence-corrected chi connectivity index (χ3v) is 4.70. The number of carbonyl (C=O) groups is 2. The molecule has 9 heteroatoms. The van der Waals surface area contributed by atoms with E-state index in [0.29, 0.717) is 37.9 Å². The Morgan fingerprint density at radius 2 is 1.86 bits per heavy atom. The van der Waals surface area contributed by atoms with Gasteiger partial charge in [0.05, 0.1) is 18.9 Å². The van der Waals surface area contributed by atoms with E-state index in [4.69, 9.17) is 21.4 Å². The Kier molecular flexibility index (Phi) is 4.93. The maximum absolute atomic E-state index is 14.2. The summed E-state index contributed by atoms with van der Waals surface area (Å²) < 4.78 is 25.2. The molecule has 1 aromatic heterocycles. The Balaban J connectivity index is 1.64. The molecule has 2 fully saturated rings. The number of anilines is 2. The number of nitrogens with one attached hydrogen (secondary N) is 1. The maximum atomic E-state index is 14.2. The zero-order valence-corrected chi connectivity index (χ0v) is 15.5. The molecule has 0 bridgehead atoms. The monoisotopic (exact) mass is 401 g/mol. The van der Waals surface area contributed by atoms with Gasteiger partial charge in [-0.1, -0.05) is 12.1 Å². The average Bonchev–Trinajstić information content (AvgIpc) is 3.16. The van der Waals surface area contributed by atoms with E-state index in [-0.39, 0.29) is 16.4 Å². The van der Waals surface area contributed by atoms with Gasteiger partial charge in [-0.15, -0.1) is 0 Å². The van der Waals surface area contributed by atoms with Crippen molar-refractivity contribution in [2.75, 3.05) is 36.1 Å². The van der Waals surface area contributed by atoms with Crippen molar-refractivity contribution < 1.29 is 23.1 Å². The number of rotatable bonds is 3. The molecular formula is C19H16FN3O4S. The first-order chi connectivity index (χ1) is 13.5. The van der Waals surface area contributed by atoms with Crippen molar-refractivity contribution in [3.8, 4) is 0 Å². The number of hydrogen-bond acceptors (Lipinski definition) is 6. The van der Waals surface area contributed by atoms with Gasteiger partial charge in [0.25, 0.3) is 11.8 Å². The number of furan rings is 1. The minimum atomic E-state index is -0.719. The van der Waals surface area contributed by atoms with Crippen LogP contribution in [0.25, 0.3) is 6.08 Å². The van der Waals surface area contributed by atoms with Crippen LogP contribution in [0.4, 0.5) is 16.0 Å². The second-order valence-electron chi connectivity index (χ2n) is 6.18. The Morgan fingerprint density at radius 3 is 2.61 bits per heavy atom.